The van der Waals surface area contributed by atoms with E-state index in [1.807, 2.05) is 12.1 Å². The average molecular weight is 506 g/mol. The number of para-hydroxylation sites is 1. The van der Waals surface area contributed by atoms with E-state index >= 15 is 0 Å². The SMILES string of the molecule is CC[N+](CC)(Cc1ccc(OC)cc1)c1ccccc1.[F][Sb-]([F])([F])([F])([F])[F]. The van der Waals surface area contributed by atoms with Crippen molar-refractivity contribution in [1.82, 2.24) is 4.48 Å². The van der Waals surface area contributed by atoms with Gasteiger partial charge in [-0.3, -0.25) is 4.48 Å². The molecule has 0 aromatic heterocycles. The fraction of sp³-hybridized carbons (Fsp3) is 0.333. The molecular formula is C18H24F6NOSb. The number of nitrogens with zero attached hydrogens (tertiary/aromatic N) is 1. The van der Waals surface area contributed by atoms with Gasteiger partial charge >= 0.3 is 36.4 Å². The van der Waals surface area contributed by atoms with Crippen molar-refractivity contribution < 1.29 is 21.6 Å². The van der Waals surface area contributed by atoms with Gasteiger partial charge in [0.25, 0.3) is 0 Å². The van der Waals surface area contributed by atoms with Crippen LogP contribution in [0.4, 0.5) is 22.6 Å². The number of hydrogen-bond acceptors (Lipinski definition) is 1. The Kier molecular flexibility index (Phi) is 6.93. The summed E-state index contributed by atoms with van der Waals surface area (Å²) in [5.41, 5.74) is 2.73. The third-order valence-corrected chi connectivity index (χ3v) is 4.16. The number of ether oxygens (including phenoxy) is 1. The van der Waals surface area contributed by atoms with Crippen LogP contribution in [0.2, 0.25) is 0 Å². The van der Waals surface area contributed by atoms with Gasteiger partial charge in [0.1, 0.15) is 18.0 Å². The maximum atomic E-state index is 9.93. The summed E-state index contributed by atoms with van der Waals surface area (Å²) in [6, 6.07) is 19.2. The third-order valence-electron chi connectivity index (χ3n) is 4.16. The quantitative estimate of drug-likeness (QED) is 0.251. The van der Waals surface area contributed by atoms with Crippen LogP contribution < -0.4 is 9.22 Å². The van der Waals surface area contributed by atoms with Crippen LogP contribution >= 0.6 is 0 Å². The molecule has 0 atom stereocenters. The van der Waals surface area contributed by atoms with Crippen LogP contribution in [-0.2, 0) is 6.54 Å². The van der Waals surface area contributed by atoms with Gasteiger partial charge in [0, 0.05) is 5.56 Å². The molecule has 2 nitrogen and oxygen atoms in total. The Labute approximate surface area is 157 Å². The third kappa shape index (κ3) is 9.91. The molecule has 0 N–H and O–H groups in total. The molecule has 0 amide bonds. The number of benzene rings is 2. The average Bonchev–Trinajstić information content (AvgIpc) is 2.58. The number of hydrogen-bond donors (Lipinski definition) is 0. The summed E-state index contributed by atoms with van der Waals surface area (Å²) < 4.78 is 65.8. The summed E-state index contributed by atoms with van der Waals surface area (Å²) >= 11 is -11.2. The molecule has 0 fully saturated rings. The van der Waals surface area contributed by atoms with Crippen molar-refractivity contribution in [3.63, 3.8) is 0 Å². The molecule has 0 bridgehead atoms. The van der Waals surface area contributed by atoms with Crippen LogP contribution in [0.15, 0.2) is 54.6 Å². The van der Waals surface area contributed by atoms with E-state index in [-0.39, 0.29) is 0 Å². The van der Waals surface area contributed by atoms with Crippen molar-refractivity contribution in [3.05, 3.63) is 60.2 Å². The van der Waals surface area contributed by atoms with Crippen LogP contribution in [0.25, 0.3) is 0 Å². The van der Waals surface area contributed by atoms with E-state index in [2.05, 4.69) is 56.3 Å². The van der Waals surface area contributed by atoms with Gasteiger partial charge in [-0.2, -0.15) is 0 Å². The second-order valence-corrected chi connectivity index (χ2v) is 11.5. The van der Waals surface area contributed by atoms with E-state index in [1.54, 1.807) is 7.11 Å². The molecule has 0 saturated heterocycles. The van der Waals surface area contributed by atoms with Crippen molar-refractivity contribution in [3.8, 4) is 5.75 Å². The van der Waals surface area contributed by atoms with Crippen molar-refractivity contribution in [2.75, 3.05) is 20.2 Å². The molecule has 9 heteroatoms. The first-order valence-corrected chi connectivity index (χ1v) is 14.1. The summed E-state index contributed by atoms with van der Waals surface area (Å²) in [5, 5.41) is 0. The van der Waals surface area contributed by atoms with Crippen LogP contribution in [0.3, 0.4) is 0 Å². The molecular weight excluding hydrogens is 482 g/mol. The summed E-state index contributed by atoms with van der Waals surface area (Å²) in [6.07, 6.45) is 0. The molecule has 0 radical (unpaired) electrons. The molecule has 0 aliphatic heterocycles. The van der Waals surface area contributed by atoms with Crippen LogP contribution in [-0.4, -0.2) is 39.7 Å². The topological polar surface area (TPSA) is 9.23 Å². The standard InChI is InChI=1S/C18H24NO.6FH.Sb/c1-4-19(5-2,17-9-7-6-8-10-17)15-16-11-13-18(20-3)14-12-16;;;;;;;/h6-14H,4-5,15H2,1-3H3;6*1H;/q+1;;;;;;;+5/p-6. The Balaban J connectivity index is 0.000000445. The molecule has 0 unspecified atom stereocenters. The van der Waals surface area contributed by atoms with Gasteiger partial charge in [-0.15, -0.1) is 0 Å². The van der Waals surface area contributed by atoms with Gasteiger partial charge in [-0.1, -0.05) is 18.2 Å². The fourth-order valence-electron chi connectivity index (χ4n) is 2.73. The van der Waals surface area contributed by atoms with Crippen LogP contribution in [0.5, 0.6) is 5.75 Å². The Morgan fingerprint density at radius 1 is 0.778 bits per heavy atom. The molecule has 2 rings (SSSR count). The second kappa shape index (κ2) is 7.92. The first kappa shape index (κ1) is 23.6. The summed E-state index contributed by atoms with van der Waals surface area (Å²) in [7, 11) is 1.71. The number of quaternary nitrogens is 1. The van der Waals surface area contributed by atoms with E-state index in [9.17, 15) is 16.9 Å². The first-order chi connectivity index (χ1) is 12.2. The Bertz CT molecular complexity index is 702. The second-order valence-electron chi connectivity index (χ2n) is 6.08. The molecule has 0 spiro atoms. The molecule has 0 aliphatic carbocycles. The zero-order valence-electron chi connectivity index (χ0n) is 15.4. The summed E-state index contributed by atoms with van der Waals surface area (Å²) in [4.78, 5) is 0. The van der Waals surface area contributed by atoms with Crippen molar-refractivity contribution >= 4 is 25.2 Å². The zero-order chi connectivity index (χ0) is 20.8. The predicted octanol–water partition coefficient (Wildman–Crippen LogP) is 6.38. The normalized spacial score (nSPS) is 14.4. The van der Waals surface area contributed by atoms with Gasteiger partial charge in [0.2, 0.25) is 0 Å². The van der Waals surface area contributed by atoms with Crippen LogP contribution in [0, 0.1) is 0 Å². The van der Waals surface area contributed by atoms with E-state index in [0.717, 1.165) is 29.9 Å². The molecule has 0 heterocycles. The van der Waals surface area contributed by atoms with Gasteiger partial charge < -0.3 is 4.74 Å². The van der Waals surface area contributed by atoms with Crippen LogP contribution in [0.1, 0.15) is 19.4 Å². The number of rotatable bonds is 6. The minimum absolute atomic E-state index is 0.916. The minimum atomic E-state index is -11.2. The molecule has 27 heavy (non-hydrogen) atoms. The van der Waals surface area contributed by atoms with E-state index in [0.29, 0.717) is 0 Å². The van der Waals surface area contributed by atoms with Crippen molar-refractivity contribution in [1.29, 1.82) is 0 Å². The Hall–Kier alpha value is -1.40. The monoisotopic (exact) mass is 505 g/mol. The molecule has 0 aliphatic rings. The number of methoxy groups -OCH3 is 1. The van der Waals surface area contributed by atoms with E-state index < -0.39 is 19.5 Å². The first-order valence-electron chi connectivity index (χ1n) is 8.30. The molecule has 0 saturated carbocycles. The van der Waals surface area contributed by atoms with Gasteiger partial charge in [0.05, 0.1) is 20.2 Å². The fourth-order valence-corrected chi connectivity index (χ4v) is 2.73. The van der Waals surface area contributed by atoms with E-state index in [4.69, 9.17) is 4.74 Å². The van der Waals surface area contributed by atoms with Gasteiger partial charge in [0.15, 0.2) is 0 Å². The predicted molar refractivity (Wildman–Crippen MR) is 98.4 cm³/mol. The van der Waals surface area contributed by atoms with Gasteiger partial charge in [-0.25, -0.2) is 0 Å². The summed E-state index contributed by atoms with van der Waals surface area (Å²) in [6.45, 7) is 7.72. The van der Waals surface area contributed by atoms with Crippen molar-refractivity contribution in [2.24, 2.45) is 0 Å². The van der Waals surface area contributed by atoms with Crippen molar-refractivity contribution in [2.45, 2.75) is 20.4 Å². The molecule has 154 valence electrons. The Morgan fingerprint density at radius 3 is 1.59 bits per heavy atom. The van der Waals surface area contributed by atoms with Gasteiger partial charge in [-0.05, 0) is 50.2 Å². The van der Waals surface area contributed by atoms with E-state index in [1.165, 1.54) is 11.3 Å². The molecule has 2 aromatic carbocycles. The molecule has 2 aromatic rings. The Morgan fingerprint density at radius 2 is 1.22 bits per heavy atom. The zero-order valence-corrected chi connectivity index (χ0v) is 17.9. The number of halogens is 6. The summed E-state index contributed by atoms with van der Waals surface area (Å²) in [5.74, 6) is 0.916. The maximum absolute atomic E-state index is 11.2.